The molecule has 0 N–H and O–H groups in total. The second-order valence-corrected chi connectivity index (χ2v) is 15.7. The highest BCUT2D eigenvalue weighted by atomic mass is 15.1. The molecule has 0 unspecified atom stereocenters. The highest BCUT2D eigenvalue weighted by Crippen LogP contribution is 2.46. The quantitative estimate of drug-likeness (QED) is 0.177. The molecule has 10 rings (SSSR count). The van der Waals surface area contributed by atoms with Crippen molar-refractivity contribution in [1.82, 2.24) is 14.5 Å². The zero-order valence-corrected chi connectivity index (χ0v) is 40.4. The third-order valence-corrected chi connectivity index (χ3v) is 11.9. The summed E-state index contributed by atoms with van der Waals surface area (Å²) in [7, 11) is 0. The Bertz CT molecular complexity index is 3190. The summed E-state index contributed by atoms with van der Waals surface area (Å²) in [4.78, 5) is 11.1. The van der Waals surface area contributed by atoms with Gasteiger partial charge in [0, 0.05) is 21.9 Å². The predicted molar refractivity (Wildman–Crippen MR) is 281 cm³/mol. The van der Waals surface area contributed by atoms with Gasteiger partial charge in [0.25, 0.3) is 0 Å². The average Bonchev–Trinajstić information content (AvgIpc) is 3.68. The number of rotatable bonds is 4. The average molecular weight is 840 g/mol. The van der Waals surface area contributed by atoms with Gasteiger partial charge in [0.1, 0.15) is 5.69 Å². The fraction of sp³-hybridized carbons (Fsp3) is 0.213. The maximum Gasteiger partial charge on any atom is 0.164 e. The van der Waals surface area contributed by atoms with Gasteiger partial charge in [-0.25, -0.2) is 9.97 Å². The molecule has 0 spiro atoms. The lowest BCUT2D eigenvalue weighted by Crippen LogP contribution is -2.08. The van der Waals surface area contributed by atoms with Gasteiger partial charge in [-0.1, -0.05) is 193 Å². The Morgan fingerprint density at radius 2 is 0.938 bits per heavy atom. The molecular formula is C61H65N3. The smallest absolute Gasteiger partial charge is 0.164 e. The van der Waals surface area contributed by atoms with Gasteiger partial charge in [-0.05, 0) is 121 Å². The first-order chi connectivity index (χ1) is 31.2. The van der Waals surface area contributed by atoms with Crippen LogP contribution >= 0.6 is 0 Å². The fourth-order valence-electron chi connectivity index (χ4n) is 8.78. The van der Waals surface area contributed by atoms with Crippen LogP contribution in [-0.4, -0.2) is 14.5 Å². The topological polar surface area (TPSA) is 30.7 Å². The number of fused-ring (bicyclic) bond motifs is 6. The number of aryl methyl sites for hydroxylation is 6. The standard InChI is InChI=1S/C48H39N3.C7H8.3C2H6/c1-28-17-15-24-37(31(28)4)46-48(49-33(6)45(50-46)36-20-10-7-16-29(36)2)51-42-25-14-13-23-40(42)44-39-22-12-11-21-38(39)43(32(5)47(44)51)41-27-35-19-9-8-18-34(35)26-30(41)3;1-7-5-3-2-4-6-7;3*1-2/h7-27H,1-6H3;2-6H,1H3;3*1-2H3. The molecule has 0 saturated heterocycles. The first kappa shape index (κ1) is 46.7. The van der Waals surface area contributed by atoms with Crippen molar-refractivity contribution >= 4 is 43.4 Å². The first-order valence-electron chi connectivity index (χ1n) is 23.2. The molecule has 324 valence electrons. The van der Waals surface area contributed by atoms with Crippen molar-refractivity contribution in [3.8, 4) is 39.5 Å². The lowest BCUT2D eigenvalue weighted by atomic mass is 9.87. The van der Waals surface area contributed by atoms with Crippen molar-refractivity contribution < 1.29 is 0 Å². The van der Waals surface area contributed by atoms with Gasteiger partial charge in [-0.3, -0.25) is 4.57 Å². The predicted octanol–water partition coefficient (Wildman–Crippen LogP) is 17.8. The summed E-state index contributed by atoms with van der Waals surface area (Å²) in [6, 6.07) is 56.4. The maximum absolute atomic E-state index is 5.58. The Kier molecular flexibility index (Phi) is 15.3. The van der Waals surface area contributed by atoms with Crippen molar-refractivity contribution in [2.75, 3.05) is 0 Å². The van der Waals surface area contributed by atoms with E-state index in [0.29, 0.717) is 0 Å². The summed E-state index contributed by atoms with van der Waals surface area (Å²) >= 11 is 0. The number of nitrogens with zero attached hydrogens (tertiary/aromatic N) is 3. The van der Waals surface area contributed by atoms with E-state index in [0.717, 1.165) is 39.5 Å². The van der Waals surface area contributed by atoms with E-state index >= 15 is 0 Å². The number of aromatic nitrogens is 3. The molecule has 3 heteroatoms. The van der Waals surface area contributed by atoms with E-state index in [-0.39, 0.29) is 0 Å². The Labute approximate surface area is 382 Å². The van der Waals surface area contributed by atoms with Crippen molar-refractivity contribution in [3.05, 3.63) is 197 Å². The first-order valence-corrected chi connectivity index (χ1v) is 23.2. The van der Waals surface area contributed by atoms with Crippen LogP contribution in [0.2, 0.25) is 0 Å². The van der Waals surface area contributed by atoms with Crippen LogP contribution in [0.1, 0.15) is 80.6 Å². The number of benzene rings is 8. The summed E-state index contributed by atoms with van der Waals surface area (Å²) in [6.07, 6.45) is 0. The number of hydrogen-bond donors (Lipinski definition) is 0. The molecule has 10 aromatic rings. The monoisotopic (exact) mass is 840 g/mol. The van der Waals surface area contributed by atoms with E-state index in [1.165, 1.54) is 82.3 Å². The second-order valence-electron chi connectivity index (χ2n) is 15.7. The van der Waals surface area contributed by atoms with Crippen LogP contribution in [0.15, 0.2) is 158 Å². The van der Waals surface area contributed by atoms with E-state index in [1.54, 1.807) is 0 Å². The van der Waals surface area contributed by atoms with Crippen molar-refractivity contribution in [3.63, 3.8) is 0 Å². The van der Waals surface area contributed by atoms with Crippen LogP contribution in [0.3, 0.4) is 0 Å². The van der Waals surface area contributed by atoms with E-state index in [2.05, 4.69) is 193 Å². The molecule has 2 aromatic heterocycles. The summed E-state index contributed by atoms with van der Waals surface area (Å²) < 4.78 is 2.41. The van der Waals surface area contributed by atoms with Crippen LogP contribution in [0.4, 0.5) is 0 Å². The lowest BCUT2D eigenvalue weighted by Gasteiger charge is -2.20. The van der Waals surface area contributed by atoms with E-state index in [9.17, 15) is 0 Å². The molecule has 0 saturated carbocycles. The third-order valence-electron chi connectivity index (χ3n) is 11.9. The third kappa shape index (κ3) is 8.86. The molecule has 0 amide bonds. The van der Waals surface area contributed by atoms with Gasteiger partial charge in [-0.2, -0.15) is 0 Å². The molecule has 0 fully saturated rings. The van der Waals surface area contributed by atoms with E-state index in [1.807, 2.05) is 59.7 Å². The Morgan fingerprint density at radius 3 is 1.59 bits per heavy atom. The van der Waals surface area contributed by atoms with Gasteiger partial charge >= 0.3 is 0 Å². The molecule has 0 aliphatic heterocycles. The maximum atomic E-state index is 5.58. The summed E-state index contributed by atoms with van der Waals surface area (Å²) in [5, 5.41) is 7.46. The van der Waals surface area contributed by atoms with E-state index < -0.39 is 0 Å². The number of hydrogen-bond acceptors (Lipinski definition) is 2. The van der Waals surface area contributed by atoms with Crippen LogP contribution in [0.5, 0.6) is 0 Å². The molecule has 3 nitrogen and oxygen atoms in total. The Hall–Kier alpha value is -6.84. The van der Waals surface area contributed by atoms with Crippen molar-refractivity contribution in [2.24, 2.45) is 0 Å². The number of para-hydroxylation sites is 1. The molecule has 0 atom stereocenters. The molecule has 2 heterocycles. The zero-order chi connectivity index (χ0) is 46.1. The molecule has 8 aromatic carbocycles. The van der Waals surface area contributed by atoms with Crippen LogP contribution in [-0.2, 0) is 0 Å². The Balaban J connectivity index is 0.000000464. The van der Waals surface area contributed by atoms with Crippen LogP contribution in [0.25, 0.3) is 82.8 Å². The molecule has 0 aliphatic carbocycles. The highest BCUT2D eigenvalue weighted by molar-refractivity contribution is 6.26. The minimum Gasteiger partial charge on any atom is -0.292 e. The summed E-state index contributed by atoms with van der Waals surface area (Å²) in [5.41, 5.74) is 17.2. The normalized spacial score (nSPS) is 10.6. The van der Waals surface area contributed by atoms with Gasteiger partial charge in [0.15, 0.2) is 5.82 Å². The molecular weight excluding hydrogens is 775 g/mol. The molecule has 0 bridgehead atoms. The van der Waals surface area contributed by atoms with Gasteiger partial charge in [-0.15, -0.1) is 0 Å². The minimum absolute atomic E-state index is 0.851. The summed E-state index contributed by atoms with van der Waals surface area (Å²) in [5.74, 6) is 0.851. The molecule has 0 aliphatic rings. The zero-order valence-electron chi connectivity index (χ0n) is 40.4. The largest absolute Gasteiger partial charge is 0.292 e. The fourth-order valence-corrected chi connectivity index (χ4v) is 8.78. The van der Waals surface area contributed by atoms with Crippen molar-refractivity contribution in [1.29, 1.82) is 0 Å². The molecule has 0 radical (unpaired) electrons. The Morgan fingerprint density at radius 1 is 0.391 bits per heavy atom. The SMILES string of the molecule is CC.CC.CC.Cc1ccccc1.Cc1ccccc1-c1nc(-c2cccc(C)c2C)c(-n2c3ccccc3c3c4ccccc4c(-c4cc5ccccc5cc4C)c(C)c32)nc1C. The van der Waals surface area contributed by atoms with Crippen LogP contribution in [0, 0.1) is 48.5 Å². The van der Waals surface area contributed by atoms with E-state index in [4.69, 9.17) is 9.97 Å². The minimum atomic E-state index is 0.851. The van der Waals surface area contributed by atoms with Crippen LogP contribution < -0.4 is 0 Å². The molecule has 64 heavy (non-hydrogen) atoms. The second kappa shape index (κ2) is 21.0. The lowest BCUT2D eigenvalue weighted by molar-refractivity contribution is 1.01. The van der Waals surface area contributed by atoms with Gasteiger partial charge < -0.3 is 0 Å². The van der Waals surface area contributed by atoms with Gasteiger partial charge in [0.2, 0.25) is 0 Å². The highest BCUT2D eigenvalue weighted by Gasteiger charge is 2.26. The van der Waals surface area contributed by atoms with Crippen molar-refractivity contribution in [2.45, 2.75) is 90.0 Å². The summed E-state index contributed by atoms with van der Waals surface area (Å²) in [6.45, 7) is 27.3. The van der Waals surface area contributed by atoms with Gasteiger partial charge in [0.05, 0.1) is 22.4 Å².